The summed E-state index contributed by atoms with van der Waals surface area (Å²) >= 11 is 1.52. The standard InChI is InChI=1S/C50H94O5S/c1-5-9-13-17-24-37-46(38-25-18-14-10-6-2)54-48(51)41-29-28-35-45(50(53)56-43-31-34-44-32-22-21-23-33-44)36-30-42-49(52)55-47(39-26-19-15-11-7-3)40-27-20-16-12-8-4/h44-47H,5-43H2,1-4H3. The van der Waals surface area contributed by atoms with Crippen LogP contribution in [0.15, 0.2) is 0 Å². The molecule has 0 aromatic carbocycles. The Morgan fingerprint density at radius 2 is 0.857 bits per heavy atom. The summed E-state index contributed by atoms with van der Waals surface area (Å²) < 4.78 is 12.2. The minimum atomic E-state index is -0.0866. The van der Waals surface area contributed by atoms with Crippen molar-refractivity contribution in [1.29, 1.82) is 0 Å². The van der Waals surface area contributed by atoms with Gasteiger partial charge in [-0.3, -0.25) is 14.4 Å². The van der Waals surface area contributed by atoms with Crippen molar-refractivity contribution in [3.8, 4) is 0 Å². The average molecular weight is 807 g/mol. The number of esters is 2. The van der Waals surface area contributed by atoms with Crippen molar-refractivity contribution in [1.82, 2.24) is 0 Å². The van der Waals surface area contributed by atoms with E-state index in [1.54, 1.807) is 0 Å². The molecule has 0 spiro atoms. The van der Waals surface area contributed by atoms with E-state index in [0.29, 0.717) is 19.3 Å². The van der Waals surface area contributed by atoms with Crippen LogP contribution in [-0.4, -0.2) is 35.0 Å². The largest absolute Gasteiger partial charge is 0.462 e. The molecule has 1 aliphatic carbocycles. The van der Waals surface area contributed by atoms with Crippen LogP contribution in [0.5, 0.6) is 0 Å². The number of carbonyl (C=O) groups is 3. The number of thioether (sulfide) groups is 1. The third-order valence-corrected chi connectivity index (χ3v) is 13.4. The Labute approximate surface area is 352 Å². The molecule has 0 heterocycles. The van der Waals surface area contributed by atoms with Gasteiger partial charge < -0.3 is 9.47 Å². The molecule has 1 unspecified atom stereocenters. The van der Waals surface area contributed by atoms with Gasteiger partial charge in [0.2, 0.25) is 0 Å². The summed E-state index contributed by atoms with van der Waals surface area (Å²) in [6.07, 6.45) is 42.4. The lowest BCUT2D eigenvalue weighted by Gasteiger charge is -2.21. The number of hydrogen-bond donors (Lipinski definition) is 0. The summed E-state index contributed by atoms with van der Waals surface area (Å²) in [4.78, 5) is 39.7. The first-order chi connectivity index (χ1) is 27.4. The van der Waals surface area contributed by atoms with Crippen molar-refractivity contribution in [2.24, 2.45) is 11.8 Å². The molecule has 0 saturated heterocycles. The third kappa shape index (κ3) is 31.9. The van der Waals surface area contributed by atoms with Crippen molar-refractivity contribution in [3.05, 3.63) is 0 Å². The van der Waals surface area contributed by atoms with Crippen LogP contribution in [0.1, 0.15) is 272 Å². The Balaban J connectivity index is 2.66. The Morgan fingerprint density at radius 3 is 1.30 bits per heavy atom. The van der Waals surface area contributed by atoms with E-state index in [4.69, 9.17) is 9.47 Å². The number of carbonyl (C=O) groups excluding carboxylic acids is 3. The van der Waals surface area contributed by atoms with Gasteiger partial charge in [-0.1, -0.05) is 181 Å². The molecule has 1 aliphatic rings. The predicted molar refractivity (Wildman–Crippen MR) is 242 cm³/mol. The molecule has 0 aromatic rings. The van der Waals surface area contributed by atoms with E-state index >= 15 is 0 Å². The molecule has 0 amide bonds. The SMILES string of the molecule is CCCCCCCC(CCCCCCC)OC(=O)CCCCC(CCCC(=O)OC(CCCCCCC)CCCCCCC)C(=O)SCCCC1CCCCC1. The van der Waals surface area contributed by atoms with E-state index in [2.05, 4.69) is 27.7 Å². The van der Waals surface area contributed by atoms with E-state index in [1.807, 2.05) is 0 Å². The molecular formula is C50H94O5S. The first-order valence-corrected chi connectivity index (χ1v) is 26.0. The van der Waals surface area contributed by atoms with Crippen LogP contribution in [0.2, 0.25) is 0 Å². The molecule has 1 atom stereocenters. The molecule has 56 heavy (non-hydrogen) atoms. The highest BCUT2D eigenvalue weighted by Gasteiger charge is 2.22. The quantitative estimate of drug-likeness (QED) is 0.0454. The molecule has 6 heteroatoms. The normalized spacial score (nSPS) is 14.1. The number of rotatable bonds is 40. The fourth-order valence-corrected chi connectivity index (χ4v) is 9.57. The van der Waals surface area contributed by atoms with Gasteiger partial charge in [0.25, 0.3) is 0 Å². The van der Waals surface area contributed by atoms with Gasteiger partial charge in [0.15, 0.2) is 5.12 Å². The summed E-state index contributed by atoms with van der Waals surface area (Å²) in [5.74, 6) is 1.53. The number of hydrogen-bond acceptors (Lipinski definition) is 6. The second-order valence-corrected chi connectivity index (χ2v) is 18.8. The van der Waals surface area contributed by atoms with Crippen LogP contribution in [0.25, 0.3) is 0 Å². The van der Waals surface area contributed by atoms with Gasteiger partial charge in [-0.05, 0) is 95.8 Å². The lowest BCUT2D eigenvalue weighted by atomic mass is 9.86. The van der Waals surface area contributed by atoms with Gasteiger partial charge in [0, 0.05) is 24.5 Å². The van der Waals surface area contributed by atoms with Crippen molar-refractivity contribution in [2.45, 2.75) is 284 Å². The number of unbranched alkanes of at least 4 members (excludes halogenated alkanes) is 17. The van der Waals surface area contributed by atoms with Crippen molar-refractivity contribution in [2.75, 3.05) is 5.75 Å². The molecule has 0 aliphatic heterocycles. The zero-order valence-electron chi connectivity index (χ0n) is 37.8. The van der Waals surface area contributed by atoms with E-state index in [-0.39, 0.29) is 35.2 Å². The first-order valence-electron chi connectivity index (χ1n) is 25.0. The summed E-state index contributed by atoms with van der Waals surface area (Å²) in [5.41, 5.74) is 0. The monoisotopic (exact) mass is 807 g/mol. The second-order valence-electron chi connectivity index (χ2n) is 17.7. The molecule has 0 aromatic heterocycles. The Bertz CT molecular complexity index is 874. The van der Waals surface area contributed by atoms with Gasteiger partial charge in [-0.15, -0.1) is 0 Å². The highest BCUT2D eigenvalue weighted by Crippen LogP contribution is 2.30. The maximum Gasteiger partial charge on any atom is 0.306 e. The predicted octanol–water partition coefficient (Wildman–Crippen LogP) is 16.2. The van der Waals surface area contributed by atoms with Crippen molar-refractivity contribution < 1.29 is 23.9 Å². The average Bonchev–Trinajstić information content (AvgIpc) is 3.20. The zero-order chi connectivity index (χ0) is 40.7. The lowest BCUT2D eigenvalue weighted by molar-refractivity contribution is -0.151. The Hall–Kier alpha value is -1.04. The van der Waals surface area contributed by atoms with Crippen LogP contribution >= 0.6 is 11.8 Å². The summed E-state index contributed by atoms with van der Waals surface area (Å²) in [7, 11) is 0. The second kappa shape index (κ2) is 39.4. The highest BCUT2D eigenvalue weighted by atomic mass is 32.2. The lowest BCUT2D eigenvalue weighted by Crippen LogP contribution is -2.19. The topological polar surface area (TPSA) is 69.7 Å². The van der Waals surface area contributed by atoms with Crippen LogP contribution in [0.4, 0.5) is 0 Å². The molecule has 0 radical (unpaired) electrons. The smallest absolute Gasteiger partial charge is 0.306 e. The minimum absolute atomic E-state index is 0.0318. The van der Waals surface area contributed by atoms with Gasteiger partial charge >= 0.3 is 11.9 Å². The van der Waals surface area contributed by atoms with E-state index < -0.39 is 0 Å². The molecule has 1 rings (SSSR count). The molecule has 1 fully saturated rings. The highest BCUT2D eigenvalue weighted by molar-refractivity contribution is 8.13. The summed E-state index contributed by atoms with van der Waals surface area (Å²) in [6, 6.07) is 0. The Kier molecular flexibility index (Phi) is 37.3. The number of ether oxygens (including phenoxy) is 2. The van der Waals surface area contributed by atoms with E-state index in [9.17, 15) is 14.4 Å². The van der Waals surface area contributed by atoms with E-state index in [0.717, 1.165) is 95.1 Å². The molecule has 0 bridgehead atoms. The fraction of sp³-hybridized carbons (Fsp3) is 0.940. The van der Waals surface area contributed by atoms with Gasteiger partial charge in [0.05, 0.1) is 0 Å². The molecule has 1 saturated carbocycles. The fourth-order valence-electron chi connectivity index (χ4n) is 8.59. The first kappa shape index (κ1) is 53.0. The van der Waals surface area contributed by atoms with Crippen LogP contribution < -0.4 is 0 Å². The molecule has 330 valence electrons. The van der Waals surface area contributed by atoms with Crippen LogP contribution in [-0.2, 0) is 23.9 Å². The van der Waals surface area contributed by atoms with Crippen LogP contribution in [0.3, 0.4) is 0 Å². The van der Waals surface area contributed by atoms with Crippen LogP contribution in [0, 0.1) is 11.8 Å². The van der Waals surface area contributed by atoms with Gasteiger partial charge in [-0.2, -0.15) is 0 Å². The Morgan fingerprint density at radius 1 is 0.464 bits per heavy atom. The van der Waals surface area contributed by atoms with Gasteiger partial charge in [-0.25, -0.2) is 0 Å². The maximum absolute atomic E-state index is 13.6. The third-order valence-electron chi connectivity index (χ3n) is 12.3. The zero-order valence-corrected chi connectivity index (χ0v) is 38.7. The van der Waals surface area contributed by atoms with Crippen molar-refractivity contribution >= 4 is 28.8 Å². The summed E-state index contributed by atoms with van der Waals surface area (Å²) in [5, 5.41) is 0.285. The maximum atomic E-state index is 13.6. The van der Waals surface area contributed by atoms with Gasteiger partial charge in [0.1, 0.15) is 12.2 Å². The van der Waals surface area contributed by atoms with Crippen molar-refractivity contribution in [3.63, 3.8) is 0 Å². The molecule has 5 nitrogen and oxygen atoms in total. The molecule has 0 N–H and O–H groups in total. The summed E-state index contributed by atoms with van der Waals surface area (Å²) in [6.45, 7) is 8.99. The molecular weight excluding hydrogens is 713 g/mol. The minimum Gasteiger partial charge on any atom is -0.462 e. The van der Waals surface area contributed by atoms with E-state index in [1.165, 1.54) is 153 Å².